The fourth-order valence-corrected chi connectivity index (χ4v) is 2.67. The van der Waals surface area contributed by atoms with Crippen LogP contribution in [0.5, 0.6) is 0 Å². The Morgan fingerprint density at radius 1 is 1.29 bits per heavy atom. The fourth-order valence-electron chi connectivity index (χ4n) is 2.67. The van der Waals surface area contributed by atoms with Gasteiger partial charge in [-0.3, -0.25) is 4.79 Å². The Hall–Kier alpha value is -1.51. The largest absolute Gasteiger partial charge is 0.415 e. The zero-order valence-electron chi connectivity index (χ0n) is 11.7. The first-order valence-corrected chi connectivity index (χ1v) is 6.84. The highest BCUT2D eigenvalue weighted by molar-refractivity contribution is 5.86. The van der Waals surface area contributed by atoms with Gasteiger partial charge in [-0.25, -0.2) is 4.79 Å². The molecule has 2 fully saturated rings. The van der Waals surface area contributed by atoms with Crippen molar-refractivity contribution in [2.75, 3.05) is 26.2 Å². The monoisotopic (exact) mass is 308 g/mol. The van der Waals surface area contributed by atoms with Crippen LogP contribution in [0.15, 0.2) is 0 Å². The molecule has 9 heteroatoms. The SMILES string of the molecule is CC(N)(C(=O)N1CCC(N2CCNC2=O)CC1)C(F)(F)F. The molecule has 6 nitrogen and oxygen atoms in total. The van der Waals surface area contributed by atoms with Gasteiger partial charge in [-0.1, -0.05) is 0 Å². The van der Waals surface area contributed by atoms with Crippen molar-refractivity contribution in [2.24, 2.45) is 5.73 Å². The summed E-state index contributed by atoms with van der Waals surface area (Å²) in [5.41, 5.74) is 2.29. The number of nitrogens with two attached hydrogens (primary N) is 1. The van der Waals surface area contributed by atoms with E-state index in [1.807, 2.05) is 0 Å². The first-order chi connectivity index (χ1) is 9.64. The highest BCUT2D eigenvalue weighted by Crippen LogP contribution is 2.30. The molecule has 2 aliphatic heterocycles. The summed E-state index contributed by atoms with van der Waals surface area (Å²) >= 11 is 0. The molecule has 0 aromatic rings. The average Bonchev–Trinajstić information content (AvgIpc) is 2.83. The predicted molar refractivity (Wildman–Crippen MR) is 68.4 cm³/mol. The second-order valence-electron chi connectivity index (χ2n) is 5.65. The van der Waals surface area contributed by atoms with Crippen LogP contribution in [0.3, 0.4) is 0 Å². The number of likely N-dealkylation sites (tertiary alicyclic amines) is 1. The van der Waals surface area contributed by atoms with Gasteiger partial charge in [-0.15, -0.1) is 0 Å². The van der Waals surface area contributed by atoms with Gasteiger partial charge in [-0.2, -0.15) is 13.2 Å². The summed E-state index contributed by atoms with van der Waals surface area (Å²) in [6.07, 6.45) is -3.85. The van der Waals surface area contributed by atoms with E-state index >= 15 is 0 Å². The van der Waals surface area contributed by atoms with Crippen LogP contribution in [-0.2, 0) is 4.79 Å². The van der Waals surface area contributed by atoms with Gasteiger partial charge in [0.2, 0.25) is 0 Å². The zero-order valence-corrected chi connectivity index (χ0v) is 11.7. The Labute approximate surface area is 120 Å². The molecule has 3 N–H and O–H groups in total. The van der Waals surface area contributed by atoms with Crippen LogP contribution in [-0.4, -0.2) is 65.7 Å². The maximum Gasteiger partial charge on any atom is 0.415 e. The summed E-state index contributed by atoms with van der Waals surface area (Å²) in [5.74, 6) is -1.11. The van der Waals surface area contributed by atoms with Gasteiger partial charge in [0.05, 0.1) is 0 Å². The van der Waals surface area contributed by atoms with E-state index in [1.165, 1.54) is 0 Å². The van der Waals surface area contributed by atoms with Crippen molar-refractivity contribution < 1.29 is 22.8 Å². The van der Waals surface area contributed by atoms with E-state index in [0.717, 1.165) is 4.90 Å². The van der Waals surface area contributed by atoms with E-state index in [9.17, 15) is 22.8 Å². The van der Waals surface area contributed by atoms with Crippen molar-refractivity contribution in [1.82, 2.24) is 15.1 Å². The lowest BCUT2D eigenvalue weighted by Gasteiger charge is -2.39. The second-order valence-corrected chi connectivity index (χ2v) is 5.65. The lowest BCUT2D eigenvalue weighted by atomic mass is 9.97. The molecule has 2 aliphatic rings. The molecule has 1 unspecified atom stereocenters. The molecular weight excluding hydrogens is 289 g/mol. The molecule has 1 atom stereocenters. The van der Waals surface area contributed by atoms with Gasteiger partial charge in [-0.05, 0) is 19.8 Å². The average molecular weight is 308 g/mol. The van der Waals surface area contributed by atoms with Crippen LogP contribution in [0.2, 0.25) is 0 Å². The van der Waals surface area contributed by atoms with E-state index in [0.29, 0.717) is 32.9 Å². The lowest BCUT2D eigenvalue weighted by Crippen LogP contribution is -2.63. The first-order valence-electron chi connectivity index (χ1n) is 6.84. The number of nitrogens with zero attached hydrogens (tertiary/aromatic N) is 2. The lowest BCUT2D eigenvalue weighted by molar-refractivity contribution is -0.194. The molecule has 2 heterocycles. The third kappa shape index (κ3) is 2.92. The Morgan fingerprint density at radius 3 is 2.29 bits per heavy atom. The number of amides is 3. The smallest absolute Gasteiger partial charge is 0.341 e. The Morgan fingerprint density at radius 2 is 1.86 bits per heavy atom. The minimum atomic E-state index is -4.78. The highest BCUT2D eigenvalue weighted by Gasteiger charge is 2.55. The second kappa shape index (κ2) is 5.36. The molecular formula is C12H19F3N4O2. The molecule has 2 saturated heterocycles. The van der Waals surface area contributed by atoms with Crippen LogP contribution in [0.4, 0.5) is 18.0 Å². The molecule has 0 aromatic heterocycles. The quantitative estimate of drug-likeness (QED) is 0.769. The maximum absolute atomic E-state index is 12.8. The minimum absolute atomic E-state index is 0.0357. The number of nitrogens with one attached hydrogen (secondary N) is 1. The molecule has 0 bridgehead atoms. The van der Waals surface area contributed by atoms with Crippen molar-refractivity contribution in [3.63, 3.8) is 0 Å². The fraction of sp³-hybridized carbons (Fsp3) is 0.833. The number of hydrogen-bond donors (Lipinski definition) is 2. The summed E-state index contributed by atoms with van der Waals surface area (Å²) in [6, 6.07) is -0.190. The van der Waals surface area contributed by atoms with Crippen LogP contribution < -0.4 is 11.1 Å². The molecule has 120 valence electrons. The van der Waals surface area contributed by atoms with E-state index in [-0.39, 0.29) is 25.2 Å². The van der Waals surface area contributed by atoms with Crippen LogP contribution >= 0.6 is 0 Å². The number of hydrogen-bond acceptors (Lipinski definition) is 3. The van der Waals surface area contributed by atoms with Crippen LogP contribution in [0, 0.1) is 0 Å². The van der Waals surface area contributed by atoms with Crippen molar-refractivity contribution in [3.05, 3.63) is 0 Å². The summed E-state index contributed by atoms with van der Waals surface area (Å²) in [7, 11) is 0. The Kier molecular flexibility index (Phi) is 4.05. The predicted octanol–water partition coefficient (Wildman–Crippen LogP) is 0.282. The summed E-state index contributed by atoms with van der Waals surface area (Å²) in [6.45, 7) is 2.21. The summed E-state index contributed by atoms with van der Waals surface area (Å²) < 4.78 is 38.3. The molecule has 0 saturated carbocycles. The number of halogens is 3. The highest BCUT2D eigenvalue weighted by atomic mass is 19.4. The van der Waals surface area contributed by atoms with Crippen molar-refractivity contribution >= 4 is 11.9 Å². The van der Waals surface area contributed by atoms with Gasteiger partial charge in [0.25, 0.3) is 5.91 Å². The van der Waals surface area contributed by atoms with Gasteiger partial charge in [0, 0.05) is 32.2 Å². The standard InChI is InChI=1S/C12H19F3N4O2/c1-11(16,12(13,14)15)9(20)18-5-2-8(3-6-18)19-7-4-17-10(19)21/h8H,2-7,16H2,1H3,(H,17,21). The Balaban J connectivity index is 1.95. The van der Waals surface area contributed by atoms with Crippen molar-refractivity contribution in [1.29, 1.82) is 0 Å². The number of piperidine rings is 1. The molecule has 0 aromatic carbocycles. The van der Waals surface area contributed by atoms with Crippen LogP contribution in [0.25, 0.3) is 0 Å². The van der Waals surface area contributed by atoms with E-state index < -0.39 is 17.6 Å². The molecule has 3 amide bonds. The molecule has 0 radical (unpaired) electrons. The first kappa shape index (κ1) is 15.9. The number of alkyl halides is 3. The molecule has 0 aliphatic carbocycles. The van der Waals surface area contributed by atoms with E-state index in [2.05, 4.69) is 5.32 Å². The number of rotatable bonds is 2. The van der Waals surface area contributed by atoms with Gasteiger partial charge in [0.1, 0.15) is 0 Å². The summed E-state index contributed by atoms with van der Waals surface area (Å²) in [4.78, 5) is 26.3. The number of urea groups is 1. The third-order valence-electron chi connectivity index (χ3n) is 4.12. The van der Waals surface area contributed by atoms with Gasteiger partial charge >= 0.3 is 12.2 Å². The van der Waals surface area contributed by atoms with Crippen molar-refractivity contribution in [3.8, 4) is 0 Å². The molecule has 21 heavy (non-hydrogen) atoms. The van der Waals surface area contributed by atoms with E-state index in [4.69, 9.17) is 5.73 Å². The zero-order chi connectivity index (χ0) is 15.8. The maximum atomic E-state index is 12.8. The van der Waals surface area contributed by atoms with E-state index in [1.54, 1.807) is 4.90 Å². The van der Waals surface area contributed by atoms with Gasteiger partial charge < -0.3 is 20.9 Å². The molecule has 0 spiro atoms. The van der Waals surface area contributed by atoms with Crippen LogP contribution in [0.1, 0.15) is 19.8 Å². The molecule has 2 rings (SSSR count). The Bertz CT molecular complexity index is 431. The summed E-state index contributed by atoms with van der Waals surface area (Å²) in [5, 5.41) is 2.68. The number of carbonyl (C=O) groups excluding carboxylic acids is 2. The van der Waals surface area contributed by atoms with Crippen molar-refractivity contribution in [2.45, 2.75) is 37.5 Å². The van der Waals surface area contributed by atoms with Gasteiger partial charge in [0.15, 0.2) is 5.54 Å². The third-order valence-corrected chi connectivity index (χ3v) is 4.12. The number of carbonyl (C=O) groups is 2. The normalized spacial score (nSPS) is 24.0. The topological polar surface area (TPSA) is 78.7 Å². The minimum Gasteiger partial charge on any atom is -0.341 e.